The van der Waals surface area contributed by atoms with Gasteiger partial charge in [-0.05, 0) is 61.3 Å². The second-order valence-corrected chi connectivity index (χ2v) is 8.62. The molecule has 0 spiro atoms. The minimum absolute atomic E-state index is 0.0237. The molecule has 0 unspecified atom stereocenters. The van der Waals surface area contributed by atoms with Crippen LogP contribution in [-0.2, 0) is 11.2 Å². The molecule has 4 rings (SSSR count). The zero-order valence-electron chi connectivity index (χ0n) is 19.0. The number of amides is 1. The van der Waals surface area contributed by atoms with Gasteiger partial charge in [-0.25, -0.2) is 0 Å². The SMILES string of the molecule is CCc1oc2ccc(C#N)c(C3CCC(CNC(C)=O)CC3)c2c1-c1ccccc1OC. The maximum Gasteiger partial charge on any atom is 0.216 e. The second kappa shape index (κ2) is 9.48. The number of nitriles is 1. The van der Waals surface area contributed by atoms with E-state index in [1.807, 2.05) is 30.3 Å². The Bertz CT molecular complexity index is 1160. The number of carbonyl (C=O) groups excluding carboxylic acids is 1. The van der Waals surface area contributed by atoms with Gasteiger partial charge in [-0.15, -0.1) is 0 Å². The van der Waals surface area contributed by atoms with E-state index in [4.69, 9.17) is 9.15 Å². The van der Waals surface area contributed by atoms with Crippen molar-refractivity contribution in [3.05, 3.63) is 53.3 Å². The molecule has 1 aromatic heterocycles. The number of aryl methyl sites for hydroxylation is 1. The van der Waals surface area contributed by atoms with Crippen LogP contribution in [0.5, 0.6) is 5.75 Å². The van der Waals surface area contributed by atoms with Crippen LogP contribution in [0.3, 0.4) is 0 Å². The van der Waals surface area contributed by atoms with Crippen LogP contribution in [0, 0.1) is 17.2 Å². The summed E-state index contributed by atoms with van der Waals surface area (Å²) in [5.41, 5.74) is 4.71. The normalized spacial score (nSPS) is 18.3. The molecule has 3 aromatic rings. The van der Waals surface area contributed by atoms with E-state index in [0.717, 1.165) is 83.4 Å². The first-order valence-electron chi connectivity index (χ1n) is 11.4. The van der Waals surface area contributed by atoms with Crippen molar-refractivity contribution in [3.8, 4) is 22.9 Å². The molecule has 0 radical (unpaired) electrons. The quantitative estimate of drug-likeness (QED) is 0.524. The first-order valence-corrected chi connectivity index (χ1v) is 11.4. The number of para-hydroxylation sites is 1. The zero-order chi connectivity index (χ0) is 22.7. The Hall–Kier alpha value is -3.26. The Labute approximate surface area is 189 Å². The van der Waals surface area contributed by atoms with Crippen LogP contribution in [-0.4, -0.2) is 19.6 Å². The van der Waals surface area contributed by atoms with Crippen molar-refractivity contribution in [3.63, 3.8) is 0 Å². The third kappa shape index (κ3) is 4.10. The Morgan fingerprint density at radius 1 is 1.19 bits per heavy atom. The Morgan fingerprint density at radius 3 is 2.59 bits per heavy atom. The van der Waals surface area contributed by atoms with E-state index in [1.165, 1.54) is 0 Å². The van der Waals surface area contributed by atoms with Crippen molar-refractivity contribution in [2.75, 3.05) is 13.7 Å². The topological polar surface area (TPSA) is 75.3 Å². The number of benzene rings is 2. The van der Waals surface area contributed by atoms with Crippen LogP contribution in [0.15, 0.2) is 40.8 Å². The molecule has 2 aromatic carbocycles. The third-order valence-electron chi connectivity index (χ3n) is 6.68. The monoisotopic (exact) mass is 430 g/mol. The highest BCUT2D eigenvalue weighted by atomic mass is 16.5. The number of hydrogen-bond donors (Lipinski definition) is 1. The number of nitrogens with one attached hydrogen (secondary N) is 1. The lowest BCUT2D eigenvalue weighted by Gasteiger charge is -2.30. The van der Waals surface area contributed by atoms with E-state index < -0.39 is 0 Å². The first-order chi connectivity index (χ1) is 15.6. The summed E-state index contributed by atoms with van der Waals surface area (Å²) < 4.78 is 12.0. The van der Waals surface area contributed by atoms with Crippen LogP contribution < -0.4 is 10.1 Å². The summed E-state index contributed by atoms with van der Waals surface area (Å²) in [4.78, 5) is 11.3. The van der Waals surface area contributed by atoms with E-state index in [-0.39, 0.29) is 11.8 Å². The van der Waals surface area contributed by atoms with Crippen LogP contribution in [0.2, 0.25) is 0 Å². The molecule has 1 saturated carbocycles. The molecule has 0 saturated heterocycles. The molecule has 1 N–H and O–H groups in total. The molecule has 1 aliphatic rings. The minimum atomic E-state index is 0.0237. The van der Waals surface area contributed by atoms with Gasteiger partial charge < -0.3 is 14.5 Å². The smallest absolute Gasteiger partial charge is 0.216 e. The summed E-state index contributed by atoms with van der Waals surface area (Å²) in [5, 5.41) is 14.0. The molecule has 5 heteroatoms. The number of carbonyl (C=O) groups is 1. The summed E-state index contributed by atoms with van der Waals surface area (Å²) in [6, 6.07) is 14.3. The fourth-order valence-corrected chi connectivity index (χ4v) is 5.12. The average Bonchev–Trinajstić information content (AvgIpc) is 3.20. The molecule has 166 valence electrons. The van der Waals surface area contributed by atoms with Crippen molar-refractivity contribution in [2.24, 2.45) is 5.92 Å². The van der Waals surface area contributed by atoms with Gasteiger partial charge in [-0.2, -0.15) is 5.26 Å². The molecule has 1 heterocycles. The van der Waals surface area contributed by atoms with Gasteiger partial charge in [0.05, 0.1) is 18.7 Å². The minimum Gasteiger partial charge on any atom is -0.496 e. The fraction of sp³-hybridized carbons (Fsp3) is 0.407. The number of nitrogens with zero attached hydrogens (tertiary/aromatic N) is 1. The summed E-state index contributed by atoms with van der Waals surface area (Å²) in [7, 11) is 1.69. The number of fused-ring (bicyclic) bond motifs is 1. The van der Waals surface area contributed by atoms with Crippen molar-refractivity contribution < 1.29 is 13.9 Å². The lowest BCUT2D eigenvalue weighted by molar-refractivity contribution is -0.119. The van der Waals surface area contributed by atoms with Crippen LogP contribution in [0.1, 0.15) is 62.3 Å². The van der Waals surface area contributed by atoms with Crippen LogP contribution in [0.4, 0.5) is 0 Å². The molecule has 1 amide bonds. The van der Waals surface area contributed by atoms with Gasteiger partial charge >= 0.3 is 0 Å². The van der Waals surface area contributed by atoms with E-state index >= 15 is 0 Å². The van der Waals surface area contributed by atoms with Gasteiger partial charge in [-0.3, -0.25) is 4.79 Å². The summed E-state index contributed by atoms with van der Waals surface area (Å²) >= 11 is 0. The molecule has 1 fully saturated rings. The summed E-state index contributed by atoms with van der Waals surface area (Å²) in [6.45, 7) is 4.39. The summed E-state index contributed by atoms with van der Waals surface area (Å²) in [5.74, 6) is 2.52. The molecule has 0 atom stereocenters. The largest absolute Gasteiger partial charge is 0.496 e. The Kier molecular flexibility index (Phi) is 6.50. The summed E-state index contributed by atoms with van der Waals surface area (Å²) in [6.07, 6.45) is 4.82. The van der Waals surface area contributed by atoms with Crippen molar-refractivity contribution in [1.29, 1.82) is 5.26 Å². The highest BCUT2D eigenvalue weighted by Crippen LogP contribution is 2.47. The fourth-order valence-electron chi connectivity index (χ4n) is 5.12. The Morgan fingerprint density at radius 2 is 1.94 bits per heavy atom. The van der Waals surface area contributed by atoms with E-state index in [2.05, 4.69) is 24.4 Å². The van der Waals surface area contributed by atoms with Crippen molar-refractivity contribution >= 4 is 16.9 Å². The number of hydrogen-bond acceptors (Lipinski definition) is 4. The van der Waals surface area contributed by atoms with E-state index in [9.17, 15) is 10.1 Å². The first kappa shape index (κ1) is 22.0. The van der Waals surface area contributed by atoms with E-state index in [0.29, 0.717) is 5.92 Å². The number of methoxy groups -OCH3 is 1. The number of rotatable bonds is 6. The maximum absolute atomic E-state index is 11.3. The van der Waals surface area contributed by atoms with Crippen molar-refractivity contribution in [2.45, 2.75) is 51.9 Å². The molecule has 32 heavy (non-hydrogen) atoms. The molecule has 0 aliphatic heterocycles. The predicted molar refractivity (Wildman–Crippen MR) is 126 cm³/mol. The van der Waals surface area contributed by atoms with Gasteiger partial charge in [0, 0.05) is 36.4 Å². The molecular formula is C27H30N2O3. The van der Waals surface area contributed by atoms with Crippen LogP contribution in [0.25, 0.3) is 22.1 Å². The molecule has 5 nitrogen and oxygen atoms in total. The average molecular weight is 431 g/mol. The highest BCUT2D eigenvalue weighted by Gasteiger charge is 2.29. The molecule has 0 bridgehead atoms. The van der Waals surface area contributed by atoms with Gasteiger partial charge in [0.15, 0.2) is 0 Å². The van der Waals surface area contributed by atoms with Gasteiger partial charge in [0.1, 0.15) is 17.1 Å². The van der Waals surface area contributed by atoms with E-state index in [1.54, 1.807) is 14.0 Å². The van der Waals surface area contributed by atoms with Gasteiger partial charge in [-0.1, -0.05) is 25.1 Å². The molecular weight excluding hydrogens is 400 g/mol. The van der Waals surface area contributed by atoms with Gasteiger partial charge in [0.2, 0.25) is 5.91 Å². The number of furan rings is 1. The maximum atomic E-state index is 11.3. The molecule has 1 aliphatic carbocycles. The van der Waals surface area contributed by atoms with Crippen molar-refractivity contribution in [1.82, 2.24) is 5.32 Å². The lowest BCUT2D eigenvalue weighted by Crippen LogP contribution is -2.29. The second-order valence-electron chi connectivity index (χ2n) is 8.62. The lowest BCUT2D eigenvalue weighted by atomic mass is 9.76. The number of ether oxygens (including phenoxy) is 1. The zero-order valence-corrected chi connectivity index (χ0v) is 19.0. The highest BCUT2D eigenvalue weighted by molar-refractivity contribution is 6.01. The standard InChI is InChI=1S/C27H30N2O3/c1-4-22-26(21-7-5-6-8-23(21)31-3)27-24(32-22)14-13-20(15-28)25(27)19-11-9-18(10-12-19)16-29-17(2)30/h5-8,13-14,18-19H,4,9-12,16H2,1-3H3,(H,29,30). The Balaban J connectivity index is 1.82. The van der Waals surface area contributed by atoms with Gasteiger partial charge in [0.25, 0.3) is 0 Å². The predicted octanol–water partition coefficient (Wildman–Crippen LogP) is 5.95. The van der Waals surface area contributed by atoms with Crippen LogP contribution >= 0.6 is 0 Å². The third-order valence-corrected chi connectivity index (χ3v) is 6.68.